The van der Waals surface area contributed by atoms with Crippen LogP contribution in [0.15, 0.2) is 65.2 Å². The van der Waals surface area contributed by atoms with Crippen molar-refractivity contribution < 1.29 is 4.42 Å². The monoisotopic (exact) mass is 477 g/mol. The summed E-state index contributed by atoms with van der Waals surface area (Å²) in [5, 5.41) is 6.15. The van der Waals surface area contributed by atoms with E-state index >= 15 is 0 Å². The van der Waals surface area contributed by atoms with Gasteiger partial charge in [0.2, 0.25) is 0 Å². The molecule has 3 aromatic heterocycles. The number of pyridine rings is 1. The van der Waals surface area contributed by atoms with E-state index in [2.05, 4.69) is 90.1 Å². The molecule has 3 heterocycles. The third-order valence-electron chi connectivity index (χ3n) is 7.05. The van der Waals surface area contributed by atoms with Crippen molar-refractivity contribution in [2.24, 2.45) is 5.92 Å². The summed E-state index contributed by atoms with van der Waals surface area (Å²) in [6.45, 7) is 13.7. The maximum atomic E-state index is 6.44. The fraction of sp³-hybridized carbons (Fsp3) is 0.281. The molecule has 0 amide bonds. The second-order valence-corrected chi connectivity index (χ2v) is 12.5. The predicted molar refractivity (Wildman–Crippen MR) is 152 cm³/mol. The molecule has 176 valence electrons. The van der Waals surface area contributed by atoms with Gasteiger partial charge >= 0.3 is 0 Å². The molecule has 6 aromatic rings. The quantitative estimate of drug-likeness (QED) is 0.253. The van der Waals surface area contributed by atoms with Gasteiger partial charge in [-0.2, -0.15) is 0 Å². The molecule has 3 aromatic carbocycles. The van der Waals surface area contributed by atoms with Gasteiger partial charge < -0.3 is 4.42 Å². The molecule has 6 rings (SSSR count). The normalized spacial score (nSPS) is 12.7. The third-order valence-corrected chi connectivity index (χ3v) is 8.16. The Morgan fingerprint density at radius 1 is 0.914 bits per heavy atom. The van der Waals surface area contributed by atoms with E-state index < -0.39 is 0 Å². The number of rotatable bonds is 3. The smallest absolute Gasteiger partial charge is 0.139 e. The Labute approximate surface area is 210 Å². The van der Waals surface area contributed by atoms with Crippen molar-refractivity contribution in [1.29, 1.82) is 0 Å². The van der Waals surface area contributed by atoms with Crippen LogP contribution in [-0.2, 0) is 11.8 Å². The van der Waals surface area contributed by atoms with Crippen molar-refractivity contribution in [3.63, 3.8) is 0 Å². The molecule has 0 aliphatic carbocycles. The standard InChI is InChI=1S/C32H31NOS/c1-18(2)13-23-19(3)35-29-17-25-28(16-24(23)29)34-27-11-12-33-31(30(25)27)21-14-20-9-7-8-10-22(20)26(15-21)32(4,5)6/h7-12,14-18H,13H2,1-6H3. The van der Waals surface area contributed by atoms with Crippen LogP contribution in [0.2, 0.25) is 0 Å². The van der Waals surface area contributed by atoms with Crippen LogP contribution in [0.3, 0.4) is 0 Å². The summed E-state index contributed by atoms with van der Waals surface area (Å²) in [6.07, 6.45) is 2.97. The van der Waals surface area contributed by atoms with E-state index in [9.17, 15) is 0 Å². The van der Waals surface area contributed by atoms with E-state index in [-0.39, 0.29) is 5.41 Å². The first-order valence-electron chi connectivity index (χ1n) is 12.5. The molecule has 0 aliphatic heterocycles. The predicted octanol–water partition coefficient (Wildman–Crippen LogP) is 9.82. The molecular weight excluding hydrogens is 446 g/mol. The molecule has 0 atom stereocenters. The fourth-order valence-corrected chi connectivity index (χ4v) is 6.55. The number of hydrogen-bond donors (Lipinski definition) is 0. The van der Waals surface area contributed by atoms with Crippen LogP contribution in [0.25, 0.3) is 54.1 Å². The lowest BCUT2D eigenvalue weighted by molar-refractivity contribution is 0.596. The van der Waals surface area contributed by atoms with Crippen molar-refractivity contribution >= 4 is 54.1 Å². The van der Waals surface area contributed by atoms with Gasteiger partial charge in [0.05, 0.1) is 11.1 Å². The zero-order valence-electron chi connectivity index (χ0n) is 21.3. The SMILES string of the molecule is Cc1sc2cc3c(cc2c1CC(C)C)oc1ccnc(-c2cc(C(C)(C)C)c4ccccc4c2)c13. The number of aromatic nitrogens is 1. The Morgan fingerprint density at radius 3 is 2.49 bits per heavy atom. The summed E-state index contributed by atoms with van der Waals surface area (Å²) >= 11 is 1.89. The summed E-state index contributed by atoms with van der Waals surface area (Å²) in [7, 11) is 0. The van der Waals surface area contributed by atoms with Crippen molar-refractivity contribution in [1.82, 2.24) is 4.98 Å². The highest BCUT2D eigenvalue weighted by molar-refractivity contribution is 7.19. The van der Waals surface area contributed by atoms with Gasteiger partial charge in [-0.3, -0.25) is 4.98 Å². The number of fused-ring (bicyclic) bond motifs is 5. The van der Waals surface area contributed by atoms with E-state index in [0.717, 1.165) is 39.6 Å². The first-order chi connectivity index (χ1) is 16.7. The minimum absolute atomic E-state index is 0.0233. The van der Waals surface area contributed by atoms with E-state index in [0.29, 0.717) is 5.92 Å². The number of furan rings is 1. The van der Waals surface area contributed by atoms with E-state index in [1.54, 1.807) is 0 Å². The van der Waals surface area contributed by atoms with Crippen LogP contribution < -0.4 is 0 Å². The Bertz CT molecular complexity index is 1740. The molecule has 0 saturated carbocycles. The van der Waals surface area contributed by atoms with E-state index in [1.807, 2.05) is 23.6 Å². The molecule has 2 nitrogen and oxygen atoms in total. The summed E-state index contributed by atoms with van der Waals surface area (Å²) in [4.78, 5) is 6.33. The van der Waals surface area contributed by atoms with Crippen molar-refractivity contribution in [3.8, 4) is 11.3 Å². The maximum absolute atomic E-state index is 6.44. The summed E-state index contributed by atoms with van der Waals surface area (Å²) in [6, 6.07) is 19.9. The van der Waals surface area contributed by atoms with Crippen LogP contribution in [0, 0.1) is 12.8 Å². The number of aryl methyl sites for hydroxylation is 1. The lowest BCUT2D eigenvalue weighted by Crippen LogP contribution is -2.12. The highest BCUT2D eigenvalue weighted by Gasteiger charge is 2.21. The van der Waals surface area contributed by atoms with Crippen molar-refractivity contribution in [2.45, 2.75) is 53.4 Å². The molecule has 35 heavy (non-hydrogen) atoms. The van der Waals surface area contributed by atoms with Gasteiger partial charge in [-0.05, 0) is 82.3 Å². The second-order valence-electron chi connectivity index (χ2n) is 11.2. The molecule has 0 saturated heterocycles. The Hall–Kier alpha value is -3.17. The zero-order valence-corrected chi connectivity index (χ0v) is 22.1. The molecule has 0 unspecified atom stereocenters. The number of hydrogen-bond acceptors (Lipinski definition) is 3. The van der Waals surface area contributed by atoms with Gasteiger partial charge in [0.25, 0.3) is 0 Å². The largest absolute Gasteiger partial charge is 0.456 e. The molecule has 3 heteroatoms. The number of benzene rings is 3. The fourth-order valence-electron chi connectivity index (χ4n) is 5.43. The third kappa shape index (κ3) is 3.65. The van der Waals surface area contributed by atoms with Crippen LogP contribution in [0.1, 0.15) is 50.6 Å². The molecule has 0 radical (unpaired) electrons. The highest BCUT2D eigenvalue weighted by atomic mass is 32.1. The summed E-state index contributed by atoms with van der Waals surface area (Å²) in [5.41, 5.74) is 6.81. The summed E-state index contributed by atoms with van der Waals surface area (Å²) in [5.74, 6) is 0.624. The van der Waals surface area contributed by atoms with Gasteiger partial charge in [0.1, 0.15) is 11.2 Å². The Kier molecular flexibility index (Phi) is 5.05. The average molecular weight is 478 g/mol. The molecule has 0 bridgehead atoms. The van der Waals surface area contributed by atoms with Crippen LogP contribution >= 0.6 is 11.3 Å². The van der Waals surface area contributed by atoms with Gasteiger partial charge in [-0.1, -0.05) is 58.9 Å². The molecular formula is C32H31NOS. The average Bonchev–Trinajstić information content (AvgIpc) is 3.32. The Morgan fingerprint density at radius 2 is 1.71 bits per heavy atom. The first kappa shape index (κ1) is 22.3. The minimum atomic E-state index is 0.0233. The van der Waals surface area contributed by atoms with Crippen LogP contribution in [0.5, 0.6) is 0 Å². The van der Waals surface area contributed by atoms with Gasteiger partial charge in [-0.15, -0.1) is 11.3 Å². The van der Waals surface area contributed by atoms with E-state index in [1.165, 1.54) is 36.9 Å². The first-order valence-corrected chi connectivity index (χ1v) is 13.3. The molecule has 0 aliphatic rings. The molecule has 0 fully saturated rings. The van der Waals surface area contributed by atoms with Gasteiger partial charge in [-0.25, -0.2) is 0 Å². The lowest BCUT2D eigenvalue weighted by Gasteiger charge is -2.22. The number of nitrogens with zero attached hydrogens (tertiary/aromatic N) is 1. The maximum Gasteiger partial charge on any atom is 0.139 e. The molecule has 0 spiro atoms. The van der Waals surface area contributed by atoms with Gasteiger partial charge in [0, 0.05) is 26.7 Å². The number of thiophene rings is 1. The second kappa shape index (κ2) is 7.93. The van der Waals surface area contributed by atoms with E-state index in [4.69, 9.17) is 9.40 Å². The zero-order chi connectivity index (χ0) is 24.5. The Balaban J connectivity index is 1.65. The minimum Gasteiger partial charge on any atom is -0.456 e. The van der Waals surface area contributed by atoms with Crippen molar-refractivity contribution in [2.75, 3.05) is 0 Å². The van der Waals surface area contributed by atoms with Gasteiger partial charge in [0.15, 0.2) is 0 Å². The molecule has 0 N–H and O–H groups in total. The topological polar surface area (TPSA) is 26.0 Å². The van der Waals surface area contributed by atoms with Crippen LogP contribution in [0.4, 0.5) is 0 Å². The lowest BCUT2D eigenvalue weighted by atomic mass is 9.82. The highest BCUT2D eigenvalue weighted by Crippen LogP contribution is 2.42. The summed E-state index contributed by atoms with van der Waals surface area (Å²) < 4.78 is 7.77. The van der Waals surface area contributed by atoms with Crippen LogP contribution in [-0.4, -0.2) is 4.98 Å². The van der Waals surface area contributed by atoms with Crippen molar-refractivity contribution in [3.05, 3.63) is 76.8 Å².